The molecule has 0 heterocycles. The Bertz CT molecular complexity index is 257. The molecule has 0 aromatic heterocycles. The molecule has 0 aliphatic heterocycles. The minimum atomic E-state index is -0.532. The second-order valence-electron chi connectivity index (χ2n) is 5.60. The zero-order chi connectivity index (χ0) is 13.1. The zero-order valence-electron chi connectivity index (χ0n) is 11.4. The number of hydrogen-bond donors (Lipinski definition) is 1. The fourth-order valence-corrected chi connectivity index (χ4v) is 1.58. The molecule has 0 saturated heterocycles. The molecule has 0 fully saturated rings. The fraction of sp³-hybridized carbons (Fsp3) is 0.833. The van der Waals surface area contributed by atoms with E-state index in [9.17, 15) is 9.59 Å². The summed E-state index contributed by atoms with van der Waals surface area (Å²) in [5.74, 6) is -0.991. The molecule has 0 aliphatic carbocycles. The summed E-state index contributed by atoms with van der Waals surface area (Å²) in [7, 11) is 0. The predicted molar refractivity (Wildman–Crippen MR) is 65.0 cm³/mol. The summed E-state index contributed by atoms with van der Waals surface area (Å²) >= 11 is 0. The van der Waals surface area contributed by atoms with Crippen LogP contribution in [0.4, 0.5) is 0 Å². The van der Waals surface area contributed by atoms with Crippen LogP contribution >= 0.6 is 0 Å². The second-order valence-corrected chi connectivity index (χ2v) is 5.60. The van der Waals surface area contributed by atoms with Gasteiger partial charge >= 0.3 is 11.8 Å². The Labute approximate surface area is 98.4 Å². The first-order valence-electron chi connectivity index (χ1n) is 5.71. The van der Waals surface area contributed by atoms with Gasteiger partial charge in [0.05, 0.1) is 0 Å². The van der Waals surface area contributed by atoms with Crippen LogP contribution < -0.4 is 5.32 Å². The molecule has 94 valence electrons. The topological polar surface area (TPSA) is 49.4 Å². The monoisotopic (exact) mass is 228 g/mol. The first-order chi connectivity index (χ1) is 7.06. The normalized spacial score (nSPS) is 11.8. The van der Waals surface area contributed by atoms with E-state index in [1.165, 1.54) is 0 Å². The molecule has 0 unspecified atom stereocenters. The highest BCUT2D eigenvalue weighted by Crippen LogP contribution is 2.07. The Morgan fingerprint density at radius 2 is 1.38 bits per heavy atom. The van der Waals surface area contributed by atoms with Crippen LogP contribution in [0.1, 0.15) is 48.5 Å². The van der Waals surface area contributed by atoms with Gasteiger partial charge in [-0.05, 0) is 48.5 Å². The molecule has 0 aromatic carbocycles. The molecule has 2 amide bonds. The largest absolute Gasteiger partial charge is 0.343 e. The molecule has 4 nitrogen and oxygen atoms in total. The summed E-state index contributed by atoms with van der Waals surface area (Å²) < 4.78 is 0. The van der Waals surface area contributed by atoms with E-state index in [1.54, 1.807) is 4.90 Å². The van der Waals surface area contributed by atoms with Gasteiger partial charge in [-0.2, -0.15) is 0 Å². The number of hydrogen-bond acceptors (Lipinski definition) is 2. The quantitative estimate of drug-likeness (QED) is 0.729. The molecule has 0 saturated carbocycles. The molecule has 0 aromatic rings. The predicted octanol–water partition coefficient (Wildman–Crippen LogP) is 1.55. The molecule has 0 spiro atoms. The van der Waals surface area contributed by atoms with Crippen LogP contribution in [0, 0.1) is 0 Å². The van der Waals surface area contributed by atoms with Crippen molar-refractivity contribution >= 4 is 11.8 Å². The highest BCUT2D eigenvalue weighted by atomic mass is 16.2. The van der Waals surface area contributed by atoms with E-state index in [1.807, 2.05) is 48.5 Å². The summed E-state index contributed by atoms with van der Waals surface area (Å²) in [6.07, 6.45) is 0. The third kappa shape index (κ3) is 4.64. The fourth-order valence-electron chi connectivity index (χ4n) is 1.58. The average molecular weight is 228 g/mol. The minimum absolute atomic E-state index is 0.0261. The van der Waals surface area contributed by atoms with Crippen molar-refractivity contribution in [3.63, 3.8) is 0 Å². The van der Waals surface area contributed by atoms with E-state index in [0.29, 0.717) is 0 Å². The molecule has 0 radical (unpaired) electrons. The van der Waals surface area contributed by atoms with Gasteiger partial charge in [-0.15, -0.1) is 0 Å². The number of carbonyl (C=O) groups is 2. The number of amides is 2. The van der Waals surface area contributed by atoms with Crippen LogP contribution in [-0.4, -0.2) is 34.3 Å². The lowest BCUT2D eigenvalue weighted by Gasteiger charge is -2.31. The van der Waals surface area contributed by atoms with Gasteiger partial charge in [-0.25, -0.2) is 0 Å². The van der Waals surface area contributed by atoms with Crippen molar-refractivity contribution in [2.75, 3.05) is 0 Å². The van der Waals surface area contributed by atoms with Crippen molar-refractivity contribution in [3.8, 4) is 0 Å². The van der Waals surface area contributed by atoms with Crippen molar-refractivity contribution in [2.45, 2.75) is 66.1 Å². The zero-order valence-corrected chi connectivity index (χ0v) is 11.4. The molecule has 16 heavy (non-hydrogen) atoms. The van der Waals surface area contributed by atoms with Crippen molar-refractivity contribution in [3.05, 3.63) is 0 Å². The van der Waals surface area contributed by atoms with Crippen LogP contribution in [-0.2, 0) is 9.59 Å². The van der Waals surface area contributed by atoms with Crippen LogP contribution in [0.2, 0.25) is 0 Å². The average Bonchev–Trinajstić information content (AvgIpc) is 1.98. The van der Waals surface area contributed by atoms with Gasteiger partial charge in [0, 0.05) is 17.6 Å². The van der Waals surface area contributed by atoms with Crippen molar-refractivity contribution < 1.29 is 9.59 Å². The summed E-state index contributed by atoms with van der Waals surface area (Å²) in [5, 5.41) is 2.68. The Morgan fingerprint density at radius 1 is 1.00 bits per heavy atom. The van der Waals surface area contributed by atoms with Crippen LogP contribution in [0.3, 0.4) is 0 Å². The maximum atomic E-state index is 11.9. The standard InChI is InChI=1S/C12H24N2O2/c1-8(2)14(9(3)4)11(16)10(15)13-12(5,6)7/h8-9H,1-7H3,(H,13,15). The number of carbonyl (C=O) groups excluding carboxylic acids is 2. The van der Waals surface area contributed by atoms with Crippen molar-refractivity contribution in [1.29, 1.82) is 0 Å². The van der Waals surface area contributed by atoms with Crippen LogP contribution in [0.25, 0.3) is 0 Å². The first-order valence-corrected chi connectivity index (χ1v) is 5.71. The van der Waals surface area contributed by atoms with E-state index in [-0.39, 0.29) is 17.6 Å². The van der Waals surface area contributed by atoms with Gasteiger partial charge in [0.1, 0.15) is 0 Å². The third-order valence-electron chi connectivity index (χ3n) is 2.03. The summed E-state index contributed by atoms with van der Waals surface area (Å²) in [6, 6.07) is 0.0523. The molecule has 0 atom stereocenters. The molecule has 1 N–H and O–H groups in total. The molecule has 0 aliphatic rings. The lowest BCUT2D eigenvalue weighted by atomic mass is 10.1. The molecule has 0 bridgehead atoms. The van der Waals surface area contributed by atoms with E-state index in [0.717, 1.165) is 0 Å². The Balaban J connectivity index is 4.70. The molecular weight excluding hydrogens is 204 g/mol. The van der Waals surface area contributed by atoms with E-state index < -0.39 is 11.8 Å². The molecule has 0 rings (SSSR count). The summed E-state index contributed by atoms with van der Waals surface area (Å²) in [5.41, 5.74) is -0.383. The lowest BCUT2D eigenvalue weighted by Crippen LogP contribution is -2.53. The van der Waals surface area contributed by atoms with Crippen molar-refractivity contribution in [1.82, 2.24) is 10.2 Å². The van der Waals surface area contributed by atoms with E-state index >= 15 is 0 Å². The second kappa shape index (κ2) is 5.32. The summed E-state index contributed by atoms with van der Waals surface area (Å²) in [6.45, 7) is 13.2. The minimum Gasteiger partial charge on any atom is -0.343 e. The van der Waals surface area contributed by atoms with Crippen molar-refractivity contribution in [2.24, 2.45) is 0 Å². The number of nitrogens with one attached hydrogen (secondary N) is 1. The Hall–Kier alpha value is -1.06. The SMILES string of the molecule is CC(C)N(C(=O)C(=O)NC(C)(C)C)C(C)C. The lowest BCUT2D eigenvalue weighted by molar-refractivity contribution is -0.149. The third-order valence-corrected chi connectivity index (χ3v) is 2.03. The number of nitrogens with zero attached hydrogens (tertiary/aromatic N) is 1. The molecule has 4 heteroatoms. The van der Waals surface area contributed by atoms with Gasteiger partial charge in [-0.1, -0.05) is 0 Å². The summed E-state index contributed by atoms with van der Waals surface area (Å²) in [4.78, 5) is 25.2. The Morgan fingerprint density at radius 3 is 1.62 bits per heavy atom. The first kappa shape index (κ1) is 14.9. The van der Waals surface area contributed by atoms with E-state index in [2.05, 4.69) is 5.32 Å². The van der Waals surface area contributed by atoms with Gasteiger partial charge in [0.15, 0.2) is 0 Å². The van der Waals surface area contributed by atoms with Crippen LogP contribution in [0.5, 0.6) is 0 Å². The smallest absolute Gasteiger partial charge is 0.312 e. The maximum Gasteiger partial charge on any atom is 0.312 e. The maximum absolute atomic E-state index is 11.9. The van der Waals surface area contributed by atoms with Gasteiger partial charge < -0.3 is 10.2 Å². The van der Waals surface area contributed by atoms with Gasteiger partial charge in [0.25, 0.3) is 0 Å². The Kier molecular flexibility index (Phi) is 4.97. The number of rotatable bonds is 2. The van der Waals surface area contributed by atoms with Gasteiger partial charge in [0.2, 0.25) is 0 Å². The highest BCUT2D eigenvalue weighted by molar-refractivity contribution is 6.35. The molecular formula is C12H24N2O2. The van der Waals surface area contributed by atoms with E-state index in [4.69, 9.17) is 0 Å². The highest BCUT2D eigenvalue weighted by Gasteiger charge is 2.28. The van der Waals surface area contributed by atoms with Crippen LogP contribution in [0.15, 0.2) is 0 Å². The van der Waals surface area contributed by atoms with Gasteiger partial charge in [-0.3, -0.25) is 9.59 Å².